The highest BCUT2D eigenvalue weighted by atomic mass is 79.9. The van der Waals surface area contributed by atoms with Crippen molar-refractivity contribution in [2.45, 2.75) is 26.3 Å². The second kappa shape index (κ2) is 5.83. The molecule has 1 N–H and O–H groups in total. The van der Waals surface area contributed by atoms with Gasteiger partial charge in [-0.15, -0.1) is 0 Å². The van der Waals surface area contributed by atoms with Gasteiger partial charge in [0.1, 0.15) is 0 Å². The molecule has 0 aliphatic carbocycles. The summed E-state index contributed by atoms with van der Waals surface area (Å²) in [7, 11) is 0. The first-order valence-corrected chi connectivity index (χ1v) is 7.09. The topological polar surface area (TPSA) is 28.2 Å². The van der Waals surface area contributed by atoms with E-state index in [1.165, 1.54) is 12.1 Å². The van der Waals surface area contributed by atoms with Crippen molar-refractivity contribution in [1.29, 1.82) is 0 Å². The lowest BCUT2D eigenvalue weighted by Gasteiger charge is -2.37. The van der Waals surface area contributed by atoms with E-state index in [0.29, 0.717) is 6.04 Å². The first kappa shape index (κ1) is 12.8. The Labute approximate surface area is 112 Å². The molecule has 17 heavy (non-hydrogen) atoms. The Morgan fingerprint density at radius 3 is 3.12 bits per heavy atom. The highest BCUT2D eigenvalue weighted by molar-refractivity contribution is 9.10. The van der Waals surface area contributed by atoms with Crippen molar-refractivity contribution in [3.8, 4) is 0 Å². The van der Waals surface area contributed by atoms with Crippen LogP contribution in [-0.2, 0) is 0 Å². The fraction of sp³-hybridized carbons (Fsp3) is 0.615. The minimum absolute atomic E-state index is 0.590. The molecule has 2 rings (SSSR count). The first-order chi connectivity index (χ1) is 8.20. The molecule has 1 aromatic heterocycles. The lowest BCUT2D eigenvalue weighted by molar-refractivity contribution is 0.341. The third kappa shape index (κ3) is 3.19. The molecule has 4 heteroatoms. The molecule has 0 spiro atoms. The Kier molecular flexibility index (Phi) is 4.40. The molecule has 1 aliphatic heterocycles. The van der Waals surface area contributed by atoms with E-state index in [-0.39, 0.29) is 0 Å². The summed E-state index contributed by atoms with van der Waals surface area (Å²) in [5.41, 5.74) is 1.22. The number of nitrogens with one attached hydrogen (secondary N) is 1. The number of rotatable bonds is 3. The van der Waals surface area contributed by atoms with Gasteiger partial charge in [-0.3, -0.25) is 4.98 Å². The van der Waals surface area contributed by atoms with Crippen LogP contribution in [-0.4, -0.2) is 30.7 Å². The summed E-state index contributed by atoms with van der Waals surface area (Å²) in [6, 6.07) is 2.74. The molecule has 3 nitrogen and oxygen atoms in total. The van der Waals surface area contributed by atoms with E-state index in [4.69, 9.17) is 0 Å². The van der Waals surface area contributed by atoms with Crippen molar-refractivity contribution in [1.82, 2.24) is 10.3 Å². The van der Waals surface area contributed by atoms with E-state index in [2.05, 4.69) is 51.0 Å². The molecule has 0 radical (unpaired) electrons. The third-order valence-electron chi connectivity index (χ3n) is 3.59. The van der Waals surface area contributed by atoms with Gasteiger partial charge in [0.25, 0.3) is 0 Å². The first-order valence-electron chi connectivity index (χ1n) is 6.29. The van der Waals surface area contributed by atoms with Gasteiger partial charge in [0.15, 0.2) is 0 Å². The smallest absolute Gasteiger partial charge is 0.0565 e. The van der Waals surface area contributed by atoms with Crippen LogP contribution < -0.4 is 10.2 Å². The molecule has 1 saturated heterocycles. The predicted octanol–water partition coefficient (Wildman–Crippen LogP) is 2.67. The molecule has 0 aromatic carbocycles. The van der Waals surface area contributed by atoms with Crippen LogP contribution in [0.4, 0.5) is 5.69 Å². The monoisotopic (exact) mass is 297 g/mol. The van der Waals surface area contributed by atoms with Crippen molar-refractivity contribution in [2.24, 2.45) is 5.92 Å². The van der Waals surface area contributed by atoms with E-state index < -0.39 is 0 Å². The van der Waals surface area contributed by atoms with Gasteiger partial charge in [0, 0.05) is 36.3 Å². The number of aromatic nitrogens is 1. The van der Waals surface area contributed by atoms with Crippen LogP contribution in [0.1, 0.15) is 20.3 Å². The summed E-state index contributed by atoms with van der Waals surface area (Å²) in [5.74, 6) is 0.720. The summed E-state index contributed by atoms with van der Waals surface area (Å²) in [6.07, 6.45) is 5.00. The van der Waals surface area contributed by atoms with Crippen molar-refractivity contribution < 1.29 is 0 Å². The number of anilines is 1. The predicted molar refractivity (Wildman–Crippen MR) is 75.4 cm³/mol. The lowest BCUT2D eigenvalue weighted by atomic mass is 9.97. The fourth-order valence-corrected chi connectivity index (χ4v) is 2.60. The van der Waals surface area contributed by atoms with Crippen LogP contribution in [0.5, 0.6) is 0 Å². The highest BCUT2D eigenvalue weighted by Gasteiger charge is 2.23. The zero-order chi connectivity index (χ0) is 12.3. The molecular formula is C13H20BrN3. The highest BCUT2D eigenvalue weighted by Crippen LogP contribution is 2.21. The number of nitrogens with zero attached hydrogens (tertiary/aromatic N) is 2. The number of hydrogen-bond acceptors (Lipinski definition) is 3. The van der Waals surface area contributed by atoms with Gasteiger partial charge in [-0.2, -0.15) is 0 Å². The molecule has 1 fully saturated rings. The van der Waals surface area contributed by atoms with Gasteiger partial charge in [0.2, 0.25) is 0 Å². The fourth-order valence-electron chi connectivity index (χ4n) is 2.25. The summed E-state index contributed by atoms with van der Waals surface area (Å²) in [6.45, 7) is 7.77. The van der Waals surface area contributed by atoms with Crippen molar-refractivity contribution in [2.75, 3.05) is 24.5 Å². The Hall–Kier alpha value is -0.610. The summed E-state index contributed by atoms with van der Waals surface area (Å²) < 4.78 is 1.05. The summed E-state index contributed by atoms with van der Waals surface area (Å²) >= 11 is 3.48. The summed E-state index contributed by atoms with van der Waals surface area (Å²) in [4.78, 5) is 6.66. The molecule has 2 heterocycles. The maximum absolute atomic E-state index is 4.24. The van der Waals surface area contributed by atoms with Gasteiger partial charge in [-0.1, -0.05) is 20.3 Å². The number of piperazine rings is 1. The van der Waals surface area contributed by atoms with Gasteiger partial charge in [-0.05, 0) is 27.9 Å². The average Bonchev–Trinajstić information content (AvgIpc) is 2.38. The minimum atomic E-state index is 0.590. The van der Waals surface area contributed by atoms with Gasteiger partial charge < -0.3 is 10.2 Å². The van der Waals surface area contributed by atoms with Crippen LogP contribution in [0.3, 0.4) is 0 Å². The van der Waals surface area contributed by atoms with Crippen LogP contribution >= 0.6 is 15.9 Å². The average molecular weight is 298 g/mol. The van der Waals surface area contributed by atoms with Gasteiger partial charge in [-0.25, -0.2) is 0 Å². The molecule has 0 saturated carbocycles. The molecule has 1 aromatic rings. The maximum atomic E-state index is 4.24. The second-order valence-corrected chi connectivity index (χ2v) is 5.67. The van der Waals surface area contributed by atoms with Crippen LogP contribution in [0.15, 0.2) is 22.9 Å². The Morgan fingerprint density at radius 2 is 2.41 bits per heavy atom. The van der Waals surface area contributed by atoms with Gasteiger partial charge in [0.05, 0.1) is 11.9 Å². The van der Waals surface area contributed by atoms with Crippen LogP contribution in [0.25, 0.3) is 0 Å². The normalized spacial score (nSPS) is 22.5. The van der Waals surface area contributed by atoms with Crippen molar-refractivity contribution >= 4 is 21.6 Å². The molecule has 2 atom stereocenters. The Morgan fingerprint density at radius 1 is 1.59 bits per heavy atom. The SMILES string of the molecule is CCC(C)C1CN(c2cncc(Br)c2)CCN1. The maximum Gasteiger partial charge on any atom is 0.0565 e. The molecule has 0 bridgehead atoms. The second-order valence-electron chi connectivity index (χ2n) is 4.75. The minimum Gasteiger partial charge on any atom is -0.367 e. The summed E-state index contributed by atoms with van der Waals surface area (Å²) in [5, 5.41) is 3.61. The molecule has 94 valence electrons. The number of pyridine rings is 1. The standard InChI is InChI=1S/C13H20BrN3/c1-3-10(2)13-9-17(5-4-16-13)12-6-11(14)7-15-8-12/h6-8,10,13,16H,3-5,9H2,1-2H3. The van der Waals surface area contributed by atoms with Crippen molar-refractivity contribution in [3.05, 3.63) is 22.9 Å². The van der Waals surface area contributed by atoms with Crippen molar-refractivity contribution in [3.63, 3.8) is 0 Å². The zero-order valence-corrected chi connectivity index (χ0v) is 12.1. The molecule has 1 aliphatic rings. The van der Waals surface area contributed by atoms with Crippen LogP contribution in [0.2, 0.25) is 0 Å². The lowest BCUT2D eigenvalue weighted by Crippen LogP contribution is -2.53. The Balaban J connectivity index is 2.07. The van der Waals surface area contributed by atoms with E-state index in [1.807, 2.05) is 12.4 Å². The largest absolute Gasteiger partial charge is 0.367 e. The zero-order valence-electron chi connectivity index (χ0n) is 10.5. The van der Waals surface area contributed by atoms with Crippen LogP contribution in [0, 0.1) is 5.92 Å². The molecular weight excluding hydrogens is 278 g/mol. The quantitative estimate of drug-likeness (QED) is 0.930. The molecule has 0 amide bonds. The number of halogens is 1. The molecule has 2 unspecified atom stereocenters. The van der Waals surface area contributed by atoms with E-state index in [0.717, 1.165) is 30.0 Å². The van der Waals surface area contributed by atoms with E-state index >= 15 is 0 Å². The van der Waals surface area contributed by atoms with E-state index in [1.54, 1.807) is 0 Å². The Bertz CT molecular complexity index is 369. The van der Waals surface area contributed by atoms with Gasteiger partial charge >= 0.3 is 0 Å². The third-order valence-corrected chi connectivity index (χ3v) is 4.03. The number of hydrogen-bond donors (Lipinski definition) is 1. The van der Waals surface area contributed by atoms with E-state index in [9.17, 15) is 0 Å².